The Morgan fingerprint density at radius 1 is 1.47 bits per heavy atom. The molecule has 19 heavy (non-hydrogen) atoms. The Labute approximate surface area is 121 Å². The first-order valence-electron chi connectivity index (χ1n) is 7.17. The molecule has 2 N–H and O–H groups in total. The molecule has 0 aromatic heterocycles. The largest absolute Gasteiger partial charge is 0.389 e. The van der Waals surface area contributed by atoms with Crippen LogP contribution in [0.15, 0.2) is 18.2 Å². The molecule has 0 bridgehead atoms. The Morgan fingerprint density at radius 3 is 2.95 bits per heavy atom. The predicted octanol–water partition coefficient (Wildman–Crippen LogP) is 3.68. The SMILES string of the molecule is Cc1ccc(CNCC2(O)CCCC(C)C2)cc1Cl. The molecule has 1 saturated carbocycles. The van der Waals surface area contributed by atoms with Gasteiger partial charge in [-0.3, -0.25) is 0 Å². The second kappa shape index (κ2) is 6.25. The zero-order valence-corrected chi connectivity index (χ0v) is 12.6. The molecular formula is C16H24ClNO. The molecule has 106 valence electrons. The molecule has 1 aliphatic rings. The summed E-state index contributed by atoms with van der Waals surface area (Å²) in [6.07, 6.45) is 4.21. The second-order valence-electron chi connectivity index (χ2n) is 6.11. The molecule has 0 spiro atoms. The number of hydrogen-bond donors (Lipinski definition) is 2. The van der Waals surface area contributed by atoms with E-state index >= 15 is 0 Å². The third-order valence-electron chi connectivity index (χ3n) is 4.09. The van der Waals surface area contributed by atoms with Gasteiger partial charge >= 0.3 is 0 Å². The van der Waals surface area contributed by atoms with Crippen LogP contribution in [-0.2, 0) is 6.54 Å². The van der Waals surface area contributed by atoms with Gasteiger partial charge in [-0.25, -0.2) is 0 Å². The van der Waals surface area contributed by atoms with E-state index in [9.17, 15) is 5.11 Å². The maximum atomic E-state index is 10.5. The van der Waals surface area contributed by atoms with Crippen LogP contribution in [0.5, 0.6) is 0 Å². The topological polar surface area (TPSA) is 32.3 Å². The molecule has 0 aliphatic heterocycles. The summed E-state index contributed by atoms with van der Waals surface area (Å²) in [5.41, 5.74) is 1.75. The molecule has 2 unspecified atom stereocenters. The molecule has 2 nitrogen and oxygen atoms in total. The fraction of sp³-hybridized carbons (Fsp3) is 0.625. The summed E-state index contributed by atoms with van der Waals surface area (Å²) in [5.74, 6) is 0.634. The van der Waals surface area contributed by atoms with Gasteiger partial charge in [-0.1, -0.05) is 43.5 Å². The summed E-state index contributed by atoms with van der Waals surface area (Å²) in [7, 11) is 0. The molecule has 0 radical (unpaired) electrons. The monoisotopic (exact) mass is 281 g/mol. The molecule has 0 amide bonds. The van der Waals surface area contributed by atoms with E-state index in [-0.39, 0.29) is 0 Å². The molecule has 0 saturated heterocycles. The van der Waals surface area contributed by atoms with Gasteiger partial charge in [-0.2, -0.15) is 0 Å². The standard InChI is InChI=1S/C16H24ClNO/c1-12-4-3-7-16(19,9-12)11-18-10-14-6-5-13(2)15(17)8-14/h5-6,8,12,18-19H,3-4,7,9-11H2,1-2H3. The summed E-state index contributed by atoms with van der Waals surface area (Å²) < 4.78 is 0. The van der Waals surface area contributed by atoms with Gasteiger partial charge in [-0.15, -0.1) is 0 Å². The normalized spacial score (nSPS) is 27.5. The number of rotatable bonds is 4. The number of aliphatic hydroxyl groups is 1. The van der Waals surface area contributed by atoms with Crippen LogP contribution in [0.25, 0.3) is 0 Å². The Morgan fingerprint density at radius 2 is 2.26 bits per heavy atom. The molecule has 2 rings (SSSR count). The van der Waals surface area contributed by atoms with Crippen molar-refractivity contribution in [1.82, 2.24) is 5.32 Å². The van der Waals surface area contributed by atoms with Crippen LogP contribution in [0.4, 0.5) is 0 Å². The number of hydrogen-bond acceptors (Lipinski definition) is 2. The van der Waals surface area contributed by atoms with E-state index in [1.807, 2.05) is 19.1 Å². The summed E-state index contributed by atoms with van der Waals surface area (Å²) >= 11 is 6.11. The fourth-order valence-electron chi connectivity index (χ4n) is 2.98. The first kappa shape index (κ1) is 14.8. The third kappa shape index (κ3) is 4.20. The molecule has 1 aliphatic carbocycles. The highest BCUT2D eigenvalue weighted by molar-refractivity contribution is 6.31. The van der Waals surface area contributed by atoms with E-state index in [1.54, 1.807) is 0 Å². The summed E-state index contributed by atoms with van der Waals surface area (Å²) in [6.45, 7) is 5.66. The van der Waals surface area contributed by atoms with Crippen LogP contribution in [0.1, 0.15) is 43.7 Å². The van der Waals surface area contributed by atoms with Crippen molar-refractivity contribution in [2.45, 2.75) is 51.7 Å². The van der Waals surface area contributed by atoms with E-state index in [0.717, 1.165) is 36.4 Å². The van der Waals surface area contributed by atoms with Crippen LogP contribution in [-0.4, -0.2) is 17.3 Å². The lowest BCUT2D eigenvalue weighted by molar-refractivity contribution is -0.0119. The minimum Gasteiger partial charge on any atom is -0.389 e. The van der Waals surface area contributed by atoms with Gasteiger partial charge in [0.25, 0.3) is 0 Å². The van der Waals surface area contributed by atoms with Crippen molar-refractivity contribution in [2.24, 2.45) is 5.92 Å². The molecular weight excluding hydrogens is 258 g/mol. The Kier molecular flexibility index (Phi) is 4.88. The van der Waals surface area contributed by atoms with Gasteiger partial charge in [0.1, 0.15) is 0 Å². The summed E-state index contributed by atoms with van der Waals surface area (Å²) in [5, 5.41) is 14.7. The van der Waals surface area contributed by atoms with Crippen LogP contribution in [0, 0.1) is 12.8 Å². The van der Waals surface area contributed by atoms with E-state index in [1.165, 1.54) is 12.0 Å². The van der Waals surface area contributed by atoms with Gasteiger partial charge in [0.15, 0.2) is 0 Å². The molecule has 1 aromatic carbocycles. The van der Waals surface area contributed by atoms with E-state index in [0.29, 0.717) is 12.5 Å². The number of aryl methyl sites for hydroxylation is 1. The van der Waals surface area contributed by atoms with E-state index < -0.39 is 5.60 Å². The zero-order chi connectivity index (χ0) is 13.9. The Hall–Kier alpha value is -0.570. The lowest BCUT2D eigenvalue weighted by atomic mass is 9.79. The van der Waals surface area contributed by atoms with Gasteiger partial charge < -0.3 is 10.4 Å². The average molecular weight is 282 g/mol. The van der Waals surface area contributed by atoms with Crippen molar-refractivity contribution in [1.29, 1.82) is 0 Å². The Bertz CT molecular complexity index is 435. The van der Waals surface area contributed by atoms with Crippen LogP contribution >= 0.6 is 11.6 Å². The molecule has 0 heterocycles. The minimum absolute atomic E-state index is 0.522. The van der Waals surface area contributed by atoms with Gasteiger partial charge in [-0.05, 0) is 42.9 Å². The maximum Gasteiger partial charge on any atom is 0.0774 e. The highest BCUT2D eigenvalue weighted by atomic mass is 35.5. The van der Waals surface area contributed by atoms with Crippen molar-refractivity contribution in [3.63, 3.8) is 0 Å². The molecule has 3 heteroatoms. The van der Waals surface area contributed by atoms with Gasteiger partial charge in [0.05, 0.1) is 5.60 Å². The highest BCUT2D eigenvalue weighted by Gasteiger charge is 2.31. The van der Waals surface area contributed by atoms with Crippen LogP contribution in [0.2, 0.25) is 5.02 Å². The average Bonchev–Trinajstić information content (AvgIpc) is 2.33. The van der Waals surface area contributed by atoms with Crippen LogP contribution < -0.4 is 5.32 Å². The predicted molar refractivity (Wildman–Crippen MR) is 80.5 cm³/mol. The second-order valence-corrected chi connectivity index (χ2v) is 6.52. The molecule has 1 fully saturated rings. The highest BCUT2D eigenvalue weighted by Crippen LogP contribution is 2.31. The van der Waals surface area contributed by atoms with Gasteiger partial charge in [0, 0.05) is 18.1 Å². The first-order valence-corrected chi connectivity index (χ1v) is 7.54. The van der Waals surface area contributed by atoms with E-state index in [4.69, 9.17) is 11.6 Å². The minimum atomic E-state index is -0.522. The molecule has 1 aromatic rings. The van der Waals surface area contributed by atoms with Gasteiger partial charge in [0.2, 0.25) is 0 Å². The Balaban J connectivity index is 1.84. The van der Waals surface area contributed by atoms with Crippen molar-refractivity contribution in [3.05, 3.63) is 34.3 Å². The van der Waals surface area contributed by atoms with E-state index in [2.05, 4.69) is 18.3 Å². The van der Waals surface area contributed by atoms with Crippen molar-refractivity contribution in [3.8, 4) is 0 Å². The maximum absolute atomic E-state index is 10.5. The smallest absolute Gasteiger partial charge is 0.0774 e. The number of benzene rings is 1. The van der Waals surface area contributed by atoms with Crippen molar-refractivity contribution in [2.75, 3.05) is 6.54 Å². The summed E-state index contributed by atoms with van der Waals surface area (Å²) in [6, 6.07) is 6.12. The quantitative estimate of drug-likeness (QED) is 0.882. The summed E-state index contributed by atoms with van der Waals surface area (Å²) in [4.78, 5) is 0. The number of nitrogens with one attached hydrogen (secondary N) is 1. The van der Waals surface area contributed by atoms with Crippen LogP contribution in [0.3, 0.4) is 0 Å². The van der Waals surface area contributed by atoms with Crippen molar-refractivity contribution < 1.29 is 5.11 Å². The lowest BCUT2D eigenvalue weighted by Gasteiger charge is -2.35. The lowest BCUT2D eigenvalue weighted by Crippen LogP contribution is -2.43. The first-order chi connectivity index (χ1) is 8.98. The number of halogens is 1. The van der Waals surface area contributed by atoms with Crippen molar-refractivity contribution >= 4 is 11.6 Å². The zero-order valence-electron chi connectivity index (χ0n) is 11.9. The molecule has 2 atom stereocenters. The fourth-order valence-corrected chi connectivity index (χ4v) is 3.18. The third-order valence-corrected chi connectivity index (χ3v) is 4.49.